The van der Waals surface area contributed by atoms with Gasteiger partial charge in [0.1, 0.15) is 30.8 Å². The van der Waals surface area contributed by atoms with Crippen molar-refractivity contribution in [2.24, 2.45) is 0 Å². The van der Waals surface area contributed by atoms with Gasteiger partial charge in [0.05, 0.1) is 11.1 Å². The van der Waals surface area contributed by atoms with Crippen LogP contribution in [0, 0.1) is 11.6 Å². The van der Waals surface area contributed by atoms with E-state index in [1.165, 1.54) is 12.1 Å². The van der Waals surface area contributed by atoms with E-state index in [1.807, 2.05) is 26.8 Å². The first-order valence-electron chi connectivity index (χ1n) is 11.9. The molecule has 3 aromatic rings. The summed E-state index contributed by atoms with van der Waals surface area (Å²) in [6, 6.07) is 5.45. The van der Waals surface area contributed by atoms with E-state index in [9.17, 15) is 13.6 Å². The number of ether oxygens (including phenoxy) is 1. The Morgan fingerprint density at radius 2 is 1.74 bits per heavy atom. The van der Waals surface area contributed by atoms with E-state index in [1.54, 1.807) is 6.20 Å². The number of nitrogens with one attached hydrogen (secondary N) is 1. The Bertz CT molecular complexity index is 1220. The molecule has 0 atom stereocenters. The molecular weight excluding hydrogens is 468 g/mol. The summed E-state index contributed by atoms with van der Waals surface area (Å²) in [7, 11) is -1.76. The zero-order valence-corrected chi connectivity index (χ0v) is 22.2. The number of amides is 1. The molecule has 0 radical (unpaired) electrons. The fourth-order valence-electron chi connectivity index (χ4n) is 4.29. The fraction of sp³-hybridized carbons (Fsp3) is 0.462. The van der Waals surface area contributed by atoms with Crippen LogP contribution in [0.2, 0.25) is 19.6 Å². The summed E-state index contributed by atoms with van der Waals surface area (Å²) in [6.45, 7) is 13.3. The molecule has 1 N–H and O–H groups in total. The number of halogens is 2. The topological polar surface area (TPSA) is 67.6 Å². The number of hydrogen-bond acceptors (Lipinski definition) is 5. The van der Waals surface area contributed by atoms with Crippen molar-refractivity contribution in [1.82, 2.24) is 10.3 Å². The van der Waals surface area contributed by atoms with E-state index < -0.39 is 31.4 Å². The summed E-state index contributed by atoms with van der Waals surface area (Å²) >= 11 is 0. The van der Waals surface area contributed by atoms with Gasteiger partial charge in [0.15, 0.2) is 5.58 Å². The lowest BCUT2D eigenvalue weighted by Gasteiger charge is -2.35. The highest BCUT2D eigenvalue weighted by atomic mass is 28.3. The van der Waals surface area contributed by atoms with Gasteiger partial charge in [0.2, 0.25) is 0 Å². The van der Waals surface area contributed by atoms with Crippen LogP contribution in [0.3, 0.4) is 0 Å². The van der Waals surface area contributed by atoms with Crippen LogP contribution >= 0.6 is 0 Å². The summed E-state index contributed by atoms with van der Waals surface area (Å²) in [5.41, 5.74) is 2.60. The number of piperidine rings is 1. The maximum absolute atomic E-state index is 14.1. The first kappa shape index (κ1) is 25.2. The molecule has 2 aromatic heterocycles. The minimum atomic E-state index is -1.76. The zero-order chi connectivity index (χ0) is 25.5. The third-order valence-corrected chi connectivity index (χ3v) is 7.69. The van der Waals surface area contributed by atoms with Crippen molar-refractivity contribution < 1.29 is 22.7 Å². The van der Waals surface area contributed by atoms with Gasteiger partial charge >= 0.3 is 6.09 Å². The van der Waals surface area contributed by atoms with Gasteiger partial charge in [0.25, 0.3) is 0 Å². The van der Waals surface area contributed by atoms with Crippen molar-refractivity contribution in [3.63, 3.8) is 0 Å². The van der Waals surface area contributed by atoms with Gasteiger partial charge in [-0.1, -0.05) is 19.6 Å². The predicted octanol–water partition coefficient (Wildman–Crippen LogP) is 5.81. The number of rotatable bonds is 4. The SMILES string of the molecule is CC(C)(C)OC(=O)NC1CCN(c2c(-c3cc(F)cc(F)c3)cnc3cc([Si](C)(C)C)oc23)CC1. The first-order chi connectivity index (χ1) is 16.3. The summed E-state index contributed by atoms with van der Waals surface area (Å²) in [6.07, 6.45) is 2.63. The number of aromatic nitrogens is 1. The van der Waals surface area contributed by atoms with Gasteiger partial charge in [0, 0.05) is 43.0 Å². The Labute approximate surface area is 205 Å². The van der Waals surface area contributed by atoms with E-state index in [4.69, 9.17) is 9.15 Å². The van der Waals surface area contributed by atoms with Crippen molar-refractivity contribution >= 4 is 36.3 Å². The molecule has 3 heterocycles. The van der Waals surface area contributed by atoms with Crippen molar-refractivity contribution in [2.45, 2.75) is 64.9 Å². The monoisotopic (exact) mass is 501 g/mol. The molecule has 9 heteroatoms. The Hall–Kier alpha value is -2.94. The van der Waals surface area contributed by atoms with E-state index >= 15 is 0 Å². The van der Waals surface area contributed by atoms with Crippen molar-refractivity contribution in [3.8, 4) is 11.1 Å². The third-order valence-electron chi connectivity index (χ3n) is 5.96. The summed E-state index contributed by atoms with van der Waals surface area (Å²) in [5.74, 6) is -1.29. The summed E-state index contributed by atoms with van der Waals surface area (Å²) in [5, 5.41) is 3.87. The standard InChI is InChI=1S/C26H33F2N3O3Si/c1-26(2,3)34-25(32)30-19-7-9-31(10-8-19)23-20(16-11-17(27)13-18(28)12-16)15-29-21-14-22(33-24(21)23)35(4,5)6/h11-15,19H,7-10H2,1-6H3,(H,30,32). The highest BCUT2D eigenvalue weighted by molar-refractivity contribution is 6.87. The fourth-order valence-corrected chi connectivity index (χ4v) is 5.27. The molecule has 4 rings (SSSR count). The quantitative estimate of drug-likeness (QED) is 0.457. The second kappa shape index (κ2) is 9.26. The van der Waals surface area contributed by atoms with Gasteiger partial charge in [-0.15, -0.1) is 0 Å². The predicted molar refractivity (Wildman–Crippen MR) is 137 cm³/mol. The molecule has 0 unspecified atom stereocenters. The minimum Gasteiger partial charge on any atom is -0.462 e. The highest BCUT2D eigenvalue weighted by Crippen LogP contribution is 2.38. The zero-order valence-electron chi connectivity index (χ0n) is 21.2. The number of fused-ring (bicyclic) bond motifs is 1. The summed E-state index contributed by atoms with van der Waals surface area (Å²) in [4.78, 5) is 19.0. The summed E-state index contributed by atoms with van der Waals surface area (Å²) < 4.78 is 40.0. The molecule has 35 heavy (non-hydrogen) atoms. The van der Waals surface area contributed by atoms with Crippen LogP contribution in [0.25, 0.3) is 22.2 Å². The molecule has 1 aliphatic heterocycles. The second-order valence-corrected chi connectivity index (χ2v) is 16.2. The highest BCUT2D eigenvalue weighted by Gasteiger charge is 2.29. The van der Waals surface area contributed by atoms with Gasteiger partial charge in [-0.2, -0.15) is 0 Å². The molecule has 1 amide bonds. The molecule has 1 aromatic carbocycles. The molecule has 1 aliphatic rings. The Morgan fingerprint density at radius 3 is 2.31 bits per heavy atom. The molecule has 0 spiro atoms. The second-order valence-electron chi connectivity index (χ2n) is 11.2. The maximum atomic E-state index is 14.1. The lowest BCUT2D eigenvalue weighted by Crippen LogP contribution is -2.46. The smallest absolute Gasteiger partial charge is 0.407 e. The van der Waals surface area contributed by atoms with Crippen LogP contribution < -0.4 is 15.6 Å². The van der Waals surface area contributed by atoms with Gasteiger partial charge in [-0.05, 0) is 51.3 Å². The Balaban J connectivity index is 1.68. The van der Waals surface area contributed by atoms with Gasteiger partial charge in [-0.25, -0.2) is 13.6 Å². The van der Waals surface area contributed by atoms with Crippen LogP contribution in [0.4, 0.5) is 19.3 Å². The van der Waals surface area contributed by atoms with Crippen molar-refractivity contribution in [3.05, 3.63) is 42.1 Å². The molecule has 1 fully saturated rings. The average molecular weight is 502 g/mol. The van der Waals surface area contributed by atoms with Gasteiger partial charge in [-0.3, -0.25) is 4.98 Å². The number of nitrogens with zero attached hydrogens (tertiary/aromatic N) is 2. The van der Waals surface area contributed by atoms with E-state index in [2.05, 4.69) is 34.8 Å². The number of hydrogen-bond donors (Lipinski definition) is 1. The molecule has 0 aliphatic carbocycles. The number of furan rings is 1. The number of alkyl carbamates (subject to hydrolysis) is 1. The van der Waals surface area contributed by atoms with Crippen LogP contribution in [-0.2, 0) is 4.74 Å². The molecule has 6 nitrogen and oxygen atoms in total. The van der Waals surface area contributed by atoms with Crippen LogP contribution in [0.15, 0.2) is 34.9 Å². The van der Waals surface area contributed by atoms with Crippen molar-refractivity contribution in [1.29, 1.82) is 0 Å². The minimum absolute atomic E-state index is 0.0253. The lowest BCUT2D eigenvalue weighted by atomic mass is 10.00. The number of benzene rings is 1. The number of carbonyl (C=O) groups excluding carboxylic acids is 1. The maximum Gasteiger partial charge on any atom is 0.407 e. The largest absolute Gasteiger partial charge is 0.462 e. The van der Waals surface area contributed by atoms with Crippen LogP contribution in [0.1, 0.15) is 33.6 Å². The van der Waals surface area contributed by atoms with Crippen LogP contribution in [0.5, 0.6) is 0 Å². The van der Waals surface area contributed by atoms with E-state index in [0.717, 1.165) is 22.7 Å². The lowest BCUT2D eigenvalue weighted by molar-refractivity contribution is 0.0497. The molecular formula is C26H33F2N3O3Si. The average Bonchev–Trinajstić information content (AvgIpc) is 3.16. The molecule has 0 bridgehead atoms. The Morgan fingerprint density at radius 1 is 1.11 bits per heavy atom. The van der Waals surface area contributed by atoms with Crippen LogP contribution in [-0.4, -0.2) is 43.9 Å². The normalized spacial score (nSPS) is 15.5. The molecule has 0 saturated carbocycles. The Kier molecular flexibility index (Phi) is 6.65. The van der Waals surface area contributed by atoms with E-state index in [-0.39, 0.29) is 6.04 Å². The van der Waals surface area contributed by atoms with Crippen molar-refractivity contribution in [2.75, 3.05) is 18.0 Å². The number of carbonyl (C=O) groups is 1. The first-order valence-corrected chi connectivity index (χ1v) is 15.4. The van der Waals surface area contributed by atoms with Gasteiger partial charge < -0.3 is 19.4 Å². The van der Waals surface area contributed by atoms with E-state index in [0.29, 0.717) is 42.6 Å². The molecule has 188 valence electrons. The number of anilines is 1. The number of pyridine rings is 1. The third kappa shape index (κ3) is 5.83. The molecule has 1 saturated heterocycles.